The third-order valence-corrected chi connectivity index (χ3v) is 5.15. The number of hydrogen-bond acceptors (Lipinski definition) is 1. The van der Waals surface area contributed by atoms with Gasteiger partial charge in [0, 0.05) is 26.4 Å². The molecule has 0 unspecified atom stereocenters. The van der Waals surface area contributed by atoms with E-state index in [0.717, 1.165) is 33.0 Å². The van der Waals surface area contributed by atoms with Crippen LogP contribution >= 0.6 is 22.6 Å². The smallest absolute Gasteiger partial charge is 0.257 e. The van der Waals surface area contributed by atoms with Gasteiger partial charge >= 0.3 is 0 Å². The number of aromatic nitrogens is 1. The average molecular weight is 402 g/mol. The van der Waals surface area contributed by atoms with Gasteiger partial charge in [-0.2, -0.15) is 0 Å². The second-order valence-corrected chi connectivity index (χ2v) is 6.82. The van der Waals surface area contributed by atoms with Gasteiger partial charge in [0.25, 0.3) is 5.91 Å². The molecule has 0 bridgehead atoms. The van der Waals surface area contributed by atoms with Gasteiger partial charge in [-0.1, -0.05) is 12.1 Å². The number of nitrogens with one attached hydrogen (secondary N) is 2. The van der Waals surface area contributed by atoms with Gasteiger partial charge in [-0.25, -0.2) is 0 Å². The zero-order chi connectivity index (χ0) is 15.1. The minimum absolute atomic E-state index is 0.0617. The van der Waals surface area contributed by atoms with E-state index in [1.165, 1.54) is 17.5 Å². The van der Waals surface area contributed by atoms with Gasteiger partial charge in [-0.3, -0.25) is 4.79 Å². The lowest BCUT2D eigenvalue weighted by molar-refractivity contribution is 0.102. The molecule has 1 aliphatic rings. The number of carbonyl (C=O) groups excluding carboxylic acids is 1. The summed E-state index contributed by atoms with van der Waals surface area (Å²) < 4.78 is 1.08. The number of hydrogen-bond donors (Lipinski definition) is 2. The summed E-state index contributed by atoms with van der Waals surface area (Å²) in [5, 5.41) is 4.02. The van der Waals surface area contributed by atoms with Gasteiger partial charge < -0.3 is 10.3 Å². The van der Waals surface area contributed by atoms with E-state index < -0.39 is 0 Å². The van der Waals surface area contributed by atoms with E-state index >= 15 is 0 Å². The van der Waals surface area contributed by atoms with Crippen LogP contribution in [0.1, 0.15) is 27.9 Å². The van der Waals surface area contributed by atoms with Crippen molar-refractivity contribution in [1.29, 1.82) is 0 Å². The Morgan fingerprint density at radius 1 is 1.14 bits per heavy atom. The molecule has 2 N–H and O–H groups in total. The van der Waals surface area contributed by atoms with Gasteiger partial charge in [0.05, 0.1) is 5.56 Å². The molecule has 0 radical (unpaired) electrons. The number of carbonyl (C=O) groups is 1. The third kappa shape index (κ3) is 2.31. The highest BCUT2D eigenvalue weighted by Crippen LogP contribution is 2.27. The zero-order valence-corrected chi connectivity index (χ0v) is 14.1. The van der Waals surface area contributed by atoms with Crippen molar-refractivity contribution in [2.45, 2.75) is 19.3 Å². The fraction of sp³-hybridized carbons (Fsp3) is 0.167. The van der Waals surface area contributed by atoms with Crippen LogP contribution in [0.5, 0.6) is 0 Å². The highest BCUT2D eigenvalue weighted by atomic mass is 127. The van der Waals surface area contributed by atoms with E-state index in [0.29, 0.717) is 5.56 Å². The minimum atomic E-state index is -0.0617. The van der Waals surface area contributed by atoms with Crippen LogP contribution < -0.4 is 5.32 Å². The highest BCUT2D eigenvalue weighted by Gasteiger charge is 2.16. The molecule has 0 fully saturated rings. The number of amides is 1. The molecular formula is C18H15IN2O. The lowest BCUT2D eigenvalue weighted by atomic mass is 10.1. The van der Waals surface area contributed by atoms with E-state index in [1.807, 2.05) is 24.3 Å². The molecule has 1 aromatic heterocycles. The van der Waals surface area contributed by atoms with Crippen molar-refractivity contribution in [2.75, 3.05) is 5.32 Å². The van der Waals surface area contributed by atoms with E-state index in [4.69, 9.17) is 0 Å². The van der Waals surface area contributed by atoms with Crippen molar-refractivity contribution in [3.05, 3.63) is 62.9 Å². The molecule has 3 aromatic rings. The summed E-state index contributed by atoms with van der Waals surface area (Å²) in [6.07, 6.45) is 5.27. The number of aryl methyl sites for hydroxylation is 2. The van der Waals surface area contributed by atoms with Crippen LogP contribution in [0.4, 0.5) is 5.69 Å². The van der Waals surface area contributed by atoms with Crippen molar-refractivity contribution in [1.82, 2.24) is 4.98 Å². The van der Waals surface area contributed by atoms with Gasteiger partial charge in [0.15, 0.2) is 0 Å². The predicted octanol–water partition coefficient (Wildman–Crippen LogP) is 4.51. The fourth-order valence-corrected chi connectivity index (χ4v) is 3.96. The summed E-state index contributed by atoms with van der Waals surface area (Å²) in [4.78, 5) is 15.8. The van der Waals surface area contributed by atoms with Crippen LogP contribution in [-0.2, 0) is 12.8 Å². The molecule has 3 nitrogen and oxygen atoms in total. The second kappa shape index (κ2) is 5.43. The Morgan fingerprint density at radius 3 is 2.91 bits per heavy atom. The first kappa shape index (κ1) is 13.8. The lowest BCUT2D eigenvalue weighted by Crippen LogP contribution is -2.11. The average Bonchev–Trinajstić information content (AvgIpc) is 3.13. The molecule has 1 aliphatic carbocycles. The van der Waals surface area contributed by atoms with Gasteiger partial charge in [0.1, 0.15) is 0 Å². The predicted molar refractivity (Wildman–Crippen MR) is 97.4 cm³/mol. The highest BCUT2D eigenvalue weighted by molar-refractivity contribution is 14.1. The lowest BCUT2D eigenvalue weighted by Gasteiger charge is -2.07. The Labute approximate surface area is 142 Å². The van der Waals surface area contributed by atoms with E-state index in [2.05, 4.69) is 45.0 Å². The Morgan fingerprint density at radius 2 is 2.00 bits per heavy atom. The van der Waals surface area contributed by atoms with Crippen LogP contribution in [0.25, 0.3) is 10.9 Å². The molecule has 0 saturated heterocycles. The molecule has 1 heterocycles. The summed E-state index contributed by atoms with van der Waals surface area (Å²) in [6.45, 7) is 0. The summed E-state index contributed by atoms with van der Waals surface area (Å²) in [5.41, 5.74) is 5.35. The van der Waals surface area contributed by atoms with Crippen molar-refractivity contribution in [3.63, 3.8) is 0 Å². The van der Waals surface area contributed by atoms with Crippen LogP contribution in [0, 0.1) is 3.57 Å². The standard InChI is InChI=1S/C18H15IN2O/c19-15-5-2-6-16-17(15)14(10-20-16)18(22)21-13-8-7-11-3-1-4-12(11)9-13/h2,5-10,20H,1,3-4H2,(H,21,22). The van der Waals surface area contributed by atoms with Crippen molar-refractivity contribution < 1.29 is 4.79 Å². The molecule has 1 amide bonds. The molecule has 0 spiro atoms. The molecule has 2 aromatic carbocycles. The Hall–Kier alpha value is -1.82. The fourth-order valence-electron chi connectivity index (χ4n) is 3.17. The molecule has 0 atom stereocenters. The monoisotopic (exact) mass is 402 g/mol. The minimum Gasteiger partial charge on any atom is -0.360 e. The maximum Gasteiger partial charge on any atom is 0.257 e. The molecule has 22 heavy (non-hydrogen) atoms. The van der Waals surface area contributed by atoms with E-state index in [-0.39, 0.29) is 5.91 Å². The third-order valence-electron chi connectivity index (χ3n) is 4.26. The maximum atomic E-state index is 12.6. The Kier molecular flexibility index (Phi) is 3.41. The Bertz CT molecular complexity index is 882. The van der Waals surface area contributed by atoms with Crippen LogP contribution in [-0.4, -0.2) is 10.9 Å². The first-order valence-corrected chi connectivity index (χ1v) is 8.49. The first-order valence-electron chi connectivity index (χ1n) is 7.41. The number of halogens is 1. The van der Waals surface area contributed by atoms with Gasteiger partial charge in [0.2, 0.25) is 0 Å². The summed E-state index contributed by atoms with van der Waals surface area (Å²) in [5.74, 6) is -0.0617. The van der Waals surface area contributed by atoms with Crippen LogP contribution in [0.15, 0.2) is 42.6 Å². The zero-order valence-electron chi connectivity index (χ0n) is 11.9. The van der Waals surface area contributed by atoms with Crippen molar-refractivity contribution in [3.8, 4) is 0 Å². The molecule has 4 heteroatoms. The molecule has 0 saturated carbocycles. The second-order valence-electron chi connectivity index (χ2n) is 5.66. The number of fused-ring (bicyclic) bond motifs is 2. The molecular weight excluding hydrogens is 387 g/mol. The number of benzene rings is 2. The number of H-pyrrole nitrogens is 1. The first-order chi connectivity index (χ1) is 10.7. The SMILES string of the molecule is O=C(Nc1ccc2c(c1)CCC2)c1c[nH]c2cccc(I)c12. The largest absolute Gasteiger partial charge is 0.360 e. The summed E-state index contributed by atoms with van der Waals surface area (Å²) in [6, 6.07) is 12.2. The Balaban J connectivity index is 1.67. The maximum absolute atomic E-state index is 12.6. The van der Waals surface area contributed by atoms with Crippen LogP contribution in [0.3, 0.4) is 0 Å². The van der Waals surface area contributed by atoms with E-state index in [1.54, 1.807) is 6.20 Å². The van der Waals surface area contributed by atoms with Crippen molar-refractivity contribution >= 4 is 45.1 Å². The number of anilines is 1. The summed E-state index contributed by atoms with van der Waals surface area (Å²) >= 11 is 2.27. The van der Waals surface area contributed by atoms with Gasteiger partial charge in [-0.15, -0.1) is 0 Å². The normalized spacial score (nSPS) is 13.3. The topological polar surface area (TPSA) is 44.9 Å². The van der Waals surface area contributed by atoms with E-state index in [9.17, 15) is 4.79 Å². The van der Waals surface area contributed by atoms with Crippen LogP contribution in [0.2, 0.25) is 0 Å². The quantitative estimate of drug-likeness (QED) is 0.609. The molecule has 0 aliphatic heterocycles. The molecule has 110 valence electrons. The number of aromatic amines is 1. The summed E-state index contributed by atoms with van der Waals surface area (Å²) in [7, 11) is 0. The van der Waals surface area contributed by atoms with Crippen molar-refractivity contribution in [2.24, 2.45) is 0 Å². The molecule has 4 rings (SSSR count). The van der Waals surface area contributed by atoms with Gasteiger partial charge in [-0.05, 0) is 77.2 Å². The number of rotatable bonds is 2.